The van der Waals surface area contributed by atoms with Crippen LogP contribution in [0.4, 0.5) is 0 Å². The third-order valence-electron chi connectivity index (χ3n) is 4.89. The lowest BCUT2D eigenvalue weighted by atomic mass is 9.92. The average Bonchev–Trinajstić information content (AvgIpc) is 3.02. The summed E-state index contributed by atoms with van der Waals surface area (Å²) >= 11 is 0. The minimum Gasteiger partial charge on any atom is -0.385 e. The summed E-state index contributed by atoms with van der Waals surface area (Å²) in [6.07, 6.45) is 6.66. The van der Waals surface area contributed by atoms with E-state index >= 15 is 0 Å². The molecule has 0 saturated carbocycles. The fraction of sp³-hybridized carbons (Fsp3) is 0.591. The quantitative estimate of drug-likeness (QED) is 0.607. The van der Waals surface area contributed by atoms with Gasteiger partial charge in [0.25, 0.3) is 0 Å². The molecule has 1 saturated heterocycles. The van der Waals surface area contributed by atoms with Crippen molar-refractivity contribution in [1.29, 1.82) is 0 Å². The number of aliphatic imine (C=N–C) groups is 1. The molecule has 0 aliphatic carbocycles. The van der Waals surface area contributed by atoms with Gasteiger partial charge in [0.1, 0.15) is 5.84 Å². The second kappa shape index (κ2) is 8.83. The van der Waals surface area contributed by atoms with E-state index in [1.165, 1.54) is 6.42 Å². The Hall–Kier alpha value is -1.65. The van der Waals surface area contributed by atoms with Crippen LogP contribution in [0.1, 0.15) is 52.5 Å². The van der Waals surface area contributed by atoms with Gasteiger partial charge in [0.15, 0.2) is 0 Å². The van der Waals surface area contributed by atoms with E-state index in [1.807, 2.05) is 49.5 Å². The normalized spacial score (nSPS) is 21.4. The Balaban J connectivity index is 2.12. The van der Waals surface area contributed by atoms with Crippen LogP contribution in [0, 0.1) is 5.41 Å². The van der Waals surface area contributed by atoms with Gasteiger partial charge in [-0.1, -0.05) is 57.2 Å². The van der Waals surface area contributed by atoms with E-state index in [0.29, 0.717) is 12.5 Å². The summed E-state index contributed by atoms with van der Waals surface area (Å²) in [4.78, 5) is 7.19. The molecule has 144 valence electrons. The highest BCUT2D eigenvalue weighted by Crippen LogP contribution is 2.28. The summed E-state index contributed by atoms with van der Waals surface area (Å²) in [5, 5.41) is 10.7. The summed E-state index contributed by atoms with van der Waals surface area (Å²) in [5.41, 5.74) is -0.00584. The number of rotatable bonds is 6. The zero-order chi connectivity index (χ0) is 19.2. The Kier molecular flexibility index (Phi) is 7.01. The number of aliphatic hydroxyl groups is 1. The highest BCUT2D eigenvalue weighted by molar-refractivity contribution is 5.88. The van der Waals surface area contributed by atoms with Gasteiger partial charge in [-0.05, 0) is 31.7 Å². The van der Waals surface area contributed by atoms with Crippen molar-refractivity contribution in [3.8, 4) is 0 Å². The molecule has 1 aliphatic rings. The number of nitrogens with zero attached hydrogens (tertiary/aromatic N) is 2. The van der Waals surface area contributed by atoms with E-state index in [1.54, 1.807) is 7.11 Å². The van der Waals surface area contributed by atoms with Crippen LogP contribution < -0.4 is 0 Å². The molecule has 1 aliphatic heterocycles. The first-order chi connectivity index (χ1) is 12.3. The monoisotopic (exact) mass is 358 g/mol. The number of likely N-dealkylation sites (tertiary alicyclic amines) is 1. The predicted octanol–water partition coefficient (Wildman–Crippen LogP) is 4.35. The van der Waals surface area contributed by atoms with Crippen molar-refractivity contribution in [2.24, 2.45) is 10.4 Å². The fourth-order valence-electron chi connectivity index (χ4n) is 3.50. The lowest BCUT2D eigenvalue weighted by molar-refractivity contribution is 0.0605. The van der Waals surface area contributed by atoms with Gasteiger partial charge in [0.05, 0.1) is 18.2 Å². The molecular formula is C22H34N2O2. The van der Waals surface area contributed by atoms with E-state index in [2.05, 4.69) is 25.7 Å². The molecule has 0 radical (unpaired) electrons. The average molecular weight is 359 g/mol. The Bertz CT molecular complexity index is 615. The molecule has 1 aromatic rings. The highest BCUT2D eigenvalue weighted by Gasteiger charge is 2.33. The molecular weight excluding hydrogens is 324 g/mol. The molecule has 4 nitrogen and oxygen atoms in total. The van der Waals surface area contributed by atoms with Gasteiger partial charge in [0, 0.05) is 25.3 Å². The van der Waals surface area contributed by atoms with Crippen LogP contribution >= 0.6 is 0 Å². The second-order valence-corrected chi connectivity index (χ2v) is 8.38. The summed E-state index contributed by atoms with van der Waals surface area (Å²) in [6, 6.07) is 10.2. The van der Waals surface area contributed by atoms with E-state index in [4.69, 9.17) is 9.73 Å². The number of benzene rings is 1. The van der Waals surface area contributed by atoms with Crippen LogP contribution in [0.2, 0.25) is 0 Å². The Morgan fingerprint density at radius 2 is 1.96 bits per heavy atom. The zero-order valence-electron chi connectivity index (χ0n) is 16.9. The van der Waals surface area contributed by atoms with E-state index in [0.717, 1.165) is 31.0 Å². The molecule has 1 fully saturated rings. The third kappa shape index (κ3) is 5.42. The van der Waals surface area contributed by atoms with E-state index in [-0.39, 0.29) is 5.41 Å². The highest BCUT2D eigenvalue weighted by atomic mass is 16.5. The first-order valence-electron chi connectivity index (χ1n) is 9.52. The van der Waals surface area contributed by atoms with Crippen LogP contribution in [-0.4, -0.2) is 42.1 Å². The number of ether oxygens (including phenoxy) is 1. The lowest BCUT2D eigenvalue weighted by Gasteiger charge is -2.34. The van der Waals surface area contributed by atoms with Crippen LogP contribution in [-0.2, 0) is 10.3 Å². The number of hydrogen-bond acceptors (Lipinski definition) is 3. The molecule has 0 bridgehead atoms. The van der Waals surface area contributed by atoms with E-state index < -0.39 is 5.60 Å². The van der Waals surface area contributed by atoms with Crippen LogP contribution in [0.5, 0.6) is 0 Å². The molecule has 1 N–H and O–H groups in total. The van der Waals surface area contributed by atoms with Crippen molar-refractivity contribution >= 4 is 5.84 Å². The molecule has 0 spiro atoms. The summed E-state index contributed by atoms with van der Waals surface area (Å²) in [5.74, 6) is 1.09. The molecule has 26 heavy (non-hydrogen) atoms. The van der Waals surface area contributed by atoms with Crippen LogP contribution in [0.25, 0.3) is 0 Å². The van der Waals surface area contributed by atoms with Crippen molar-refractivity contribution in [2.75, 3.05) is 20.3 Å². The number of methoxy groups -OCH3 is 1. The van der Waals surface area contributed by atoms with Crippen molar-refractivity contribution in [3.63, 3.8) is 0 Å². The second-order valence-electron chi connectivity index (χ2n) is 8.38. The Labute approximate surface area is 158 Å². The zero-order valence-corrected chi connectivity index (χ0v) is 16.9. The van der Waals surface area contributed by atoms with Crippen LogP contribution in [0.15, 0.2) is 47.6 Å². The van der Waals surface area contributed by atoms with Crippen molar-refractivity contribution in [1.82, 2.24) is 4.90 Å². The Morgan fingerprint density at radius 1 is 1.27 bits per heavy atom. The standard InChI is InChI=1S/C22H34N2O2/c1-21(2,3)20(24-16-9-13-19(24)17-26-5)23-15-10-14-22(4,25)18-11-7-6-8-12-18/h6-8,10-12,15,19,25H,9,13-14,16-17H2,1-5H3/b15-10+,23-20?/t19-,22?/m0/s1. The molecule has 2 rings (SSSR count). The molecule has 1 aromatic carbocycles. The molecule has 0 aromatic heterocycles. The Morgan fingerprint density at radius 3 is 2.58 bits per heavy atom. The largest absolute Gasteiger partial charge is 0.385 e. The van der Waals surface area contributed by atoms with Gasteiger partial charge >= 0.3 is 0 Å². The minimum atomic E-state index is -0.887. The van der Waals surface area contributed by atoms with Gasteiger partial charge in [-0.2, -0.15) is 0 Å². The maximum atomic E-state index is 10.7. The van der Waals surface area contributed by atoms with Gasteiger partial charge in [-0.3, -0.25) is 0 Å². The molecule has 0 amide bonds. The third-order valence-corrected chi connectivity index (χ3v) is 4.89. The number of hydrogen-bond donors (Lipinski definition) is 1. The summed E-state index contributed by atoms with van der Waals surface area (Å²) in [7, 11) is 1.76. The maximum Gasteiger partial charge on any atom is 0.110 e. The van der Waals surface area contributed by atoms with E-state index in [9.17, 15) is 5.11 Å². The first-order valence-corrected chi connectivity index (χ1v) is 9.52. The predicted molar refractivity (Wildman–Crippen MR) is 108 cm³/mol. The number of amidine groups is 1. The molecule has 1 unspecified atom stereocenters. The van der Waals surface area contributed by atoms with Gasteiger partial charge in [-0.25, -0.2) is 4.99 Å². The molecule has 4 heteroatoms. The SMILES string of the molecule is COC[C@@H]1CCCN1C(=N/C=C/CC(C)(O)c1ccccc1)C(C)(C)C. The summed E-state index contributed by atoms with van der Waals surface area (Å²) in [6.45, 7) is 10.2. The maximum absolute atomic E-state index is 10.7. The van der Waals surface area contributed by atoms with Crippen molar-refractivity contribution < 1.29 is 9.84 Å². The molecule has 2 atom stereocenters. The van der Waals surface area contributed by atoms with Gasteiger partial charge in [-0.15, -0.1) is 0 Å². The fourth-order valence-corrected chi connectivity index (χ4v) is 3.50. The van der Waals surface area contributed by atoms with Crippen LogP contribution in [0.3, 0.4) is 0 Å². The van der Waals surface area contributed by atoms with Crippen molar-refractivity contribution in [2.45, 2.75) is 58.6 Å². The topological polar surface area (TPSA) is 45.1 Å². The van der Waals surface area contributed by atoms with Gasteiger partial charge < -0.3 is 14.7 Å². The lowest BCUT2D eigenvalue weighted by Crippen LogP contribution is -2.44. The first kappa shape index (κ1) is 20.7. The minimum absolute atomic E-state index is 0.0391. The summed E-state index contributed by atoms with van der Waals surface area (Å²) < 4.78 is 5.39. The smallest absolute Gasteiger partial charge is 0.110 e. The van der Waals surface area contributed by atoms with Gasteiger partial charge in [0.2, 0.25) is 0 Å². The van der Waals surface area contributed by atoms with Crippen molar-refractivity contribution in [3.05, 3.63) is 48.2 Å². The molecule has 1 heterocycles.